The summed E-state index contributed by atoms with van der Waals surface area (Å²) < 4.78 is 0. The predicted molar refractivity (Wildman–Crippen MR) is 75.4 cm³/mol. The molecule has 2 heteroatoms. The minimum atomic E-state index is -0.348. The molecule has 1 aromatic carbocycles. The highest BCUT2D eigenvalue weighted by Crippen LogP contribution is 2.29. The van der Waals surface area contributed by atoms with Crippen LogP contribution < -0.4 is 0 Å². The maximum atomic E-state index is 10.3. The molecule has 1 N–H and O–H groups in total. The molecular formula is C16H25NO. The SMILES string of the molecule is CCC1CN(CC(O)c2ccccc2)CC1CC. The van der Waals surface area contributed by atoms with Crippen LogP contribution in [0.5, 0.6) is 0 Å². The lowest BCUT2D eigenvalue weighted by Crippen LogP contribution is -2.26. The summed E-state index contributed by atoms with van der Waals surface area (Å²) in [6, 6.07) is 10.00. The van der Waals surface area contributed by atoms with Gasteiger partial charge in [-0.15, -0.1) is 0 Å². The molecule has 0 bridgehead atoms. The van der Waals surface area contributed by atoms with E-state index in [1.165, 1.54) is 12.8 Å². The smallest absolute Gasteiger partial charge is 0.0916 e. The molecule has 0 aromatic heterocycles. The van der Waals surface area contributed by atoms with Crippen LogP contribution in [-0.4, -0.2) is 29.6 Å². The third kappa shape index (κ3) is 3.12. The van der Waals surface area contributed by atoms with Crippen LogP contribution in [0, 0.1) is 11.8 Å². The van der Waals surface area contributed by atoms with Crippen LogP contribution in [-0.2, 0) is 0 Å². The van der Waals surface area contributed by atoms with E-state index in [2.05, 4.69) is 18.7 Å². The van der Waals surface area contributed by atoms with Gasteiger partial charge in [-0.05, 0) is 17.4 Å². The van der Waals surface area contributed by atoms with E-state index >= 15 is 0 Å². The van der Waals surface area contributed by atoms with Gasteiger partial charge < -0.3 is 5.11 Å². The second-order valence-electron chi connectivity index (χ2n) is 5.48. The topological polar surface area (TPSA) is 23.5 Å². The van der Waals surface area contributed by atoms with Crippen LogP contribution in [0.1, 0.15) is 38.4 Å². The van der Waals surface area contributed by atoms with Crippen molar-refractivity contribution < 1.29 is 5.11 Å². The van der Waals surface area contributed by atoms with Crippen molar-refractivity contribution in [3.8, 4) is 0 Å². The Kier molecular flexibility index (Phi) is 4.79. The first-order valence-electron chi connectivity index (χ1n) is 7.20. The van der Waals surface area contributed by atoms with Crippen LogP contribution in [0.25, 0.3) is 0 Å². The summed E-state index contributed by atoms with van der Waals surface area (Å²) >= 11 is 0. The Hall–Kier alpha value is -0.860. The molecule has 3 atom stereocenters. The third-order valence-electron chi connectivity index (χ3n) is 4.32. The molecule has 2 rings (SSSR count). The first-order chi connectivity index (χ1) is 8.74. The fraction of sp³-hybridized carbons (Fsp3) is 0.625. The Labute approximate surface area is 111 Å². The van der Waals surface area contributed by atoms with Gasteiger partial charge in [0, 0.05) is 19.6 Å². The number of aliphatic hydroxyl groups excluding tert-OH is 1. The highest BCUT2D eigenvalue weighted by Gasteiger charge is 2.30. The van der Waals surface area contributed by atoms with Gasteiger partial charge in [0.25, 0.3) is 0 Å². The van der Waals surface area contributed by atoms with Gasteiger partial charge in [0.1, 0.15) is 0 Å². The van der Waals surface area contributed by atoms with Gasteiger partial charge in [0.15, 0.2) is 0 Å². The van der Waals surface area contributed by atoms with E-state index in [0.29, 0.717) is 0 Å². The van der Waals surface area contributed by atoms with Crippen molar-refractivity contribution in [1.82, 2.24) is 4.90 Å². The number of nitrogens with zero attached hydrogens (tertiary/aromatic N) is 1. The summed E-state index contributed by atoms with van der Waals surface area (Å²) in [5, 5.41) is 10.3. The van der Waals surface area contributed by atoms with E-state index in [9.17, 15) is 5.11 Å². The molecule has 1 heterocycles. The van der Waals surface area contributed by atoms with Gasteiger partial charge in [-0.25, -0.2) is 0 Å². The van der Waals surface area contributed by atoms with E-state index < -0.39 is 0 Å². The van der Waals surface area contributed by atoms with Gasteiger partial charge >= 0.3 is 0 Å². The molecule has 18 heavy (non-hydrogen) atoms. The number of benzene rings is 1. The number of aliphatic hydroxyl groups is 1. The quantitative estimate of drug-likeness (QED) is 0.864. The van der Waals surface area contributed by atoms with Crippen LogP contribution in [0.4, 0.5) is 0 Å². The van der Waals surface area contributed by atoms with Crippen molar-refractivity contribution >= 4 is 0 Å². The van der Waals surface area contributed by atoms with E-state index in [1.807, 2.05) is 30.3 Å². The molecule has 0 saturated carbocycles. The van der Waals surface area contributed by atoms with Crippen molar-refractivity contribution in [3.63, 3.8) is 0 Å². The molecule has 0 amide bonds. The second kappa shape index (κ2) is 6.35. The summed E-state index contributed by atoms with van der Waals surface area (Å²) in [4.78, 5) is 2.43. The predicted octanol–water partition coefficient (Wildman–Crippen LogP) is 3.09. The van der Waals surface area contributed by atoms with Crippen LogP contribution in [0.15, 0.2) is 30.3 Å². The van der Waals surface area contributed by atoms with Gasteiger partial charge in [-0.1, -0.05) is 57.0 Å². The zero-order valence-electron chi connectivity index (χ0n) is 11.5. The second-order valence-corrected chi connectivity index (χ2v) is 5.48. The highest BCUT2D eigenvalue weighted by atomic mass is 16.3. The molecule has 0 spiro atoms. The molecular weight excluding hydrogens is 222 g/mol. The summed E-state index contributed by atoms with van der Waals surface area (Å²) in [5.74, 6) is 1.64. The molecule has 1 aliphatic heterocycles. The van der Waals surface area contributed by atoms with E-state index in [-0.39, 0.29) is 6.10 Å². The number of hydrogen-bond donors (Lipinski definition) is 1. The maximum Gasteiger partial charge on any atom is 0.0916 e. The van der Waals surface area contributed by atoms with Crippen LogP contribution >= 0.6 is 0 Å². The van der Waals surface area contributed by atoms with Gasteiger partial charge in [-0.2, -0.15) is 0 Å². The van der Waals surface area contributed by atoms with Gasteiger partial charge in [-0.3, -0.25) is 4.90 Å². The number of hydrogen-bond acceptors (Lipinski definition) is 2. The minimum Gasteiger partial charge on any atom is -0.387 e. The Bertz CT molecular complexity index is 339. The van der Waals surface area contributed by atoms with Crippen molar-refractivity contribution in [2.45, 2.75) is 32.8 Å². The van der Waals surface area contributed by atoms with E-state index in [1.54, 1.807) is 0 Å². The molecule has 2 nitrogen and oxygen atoms in total. The maximum absolute atomic E-state index is 10.3. The normalized spacial score (nSPS) is 26.4. The molecule has 3 unspecified atom stereocenters. The van der Waals surface area contributed by atoms with Crippen molar-refractivity contribution in [2.75, 3.05) is 19.6 Å². The summed E-state index contributed by atoms with van der Waals surface area (Å²) in [7, 11) is 0. The monoisotopic (exact) mass is 247 g/mol. The minimum absolute atomic E-state index is 0.348. The lowest BCUT2D eigenvalue weighted by Gasteiger charge is -2.20. The lowest BCUT2D eigenvalue weighted by atomic mass is 9.92. The average Bonchev–Trinajstić information content (AvgIpc) is 2.81. The average molecular weight is 247 g/mol. The zero-order valence-corrected chi connectivity index (χ0v) is 11.5. The summed E-state index contributed by atoms with van der Waals surface area (Å²) in [5.41, 5.74) is 1.03. The van der Waals surface area contributed by atoms with E-state index in [0.717, 1.165) is 37.0 Å². The molecule has 1 saturated heterocycles. The van der Waals surface area contributed by atoms with Crippen LogP contribution in [0.3, 0.4) is 0 Å². The number of rotatable bonds is 5. The van der Waals surface area contributed by atoms with Crippen molar-refractivity contribution in [1.29, 1.82) is 0 Å². The zero-order chi connectivity index (χ0) is 13.0. The van der Waals surface area contributed by atoms with Crippen molar-refractivity contribution in [2.24, 2.45) is 11.8 Å². The van der Waals surface area contributed by atoms with Crippen LogP contribution in [0.2, 0.25) is 0 Å². The first-order valence-corrected chi connectivity index (χ1v) is 7.20. The van der Waals surface area contributed by atoms with Gasteiger partial charge in [0.2, 0.25) is 0 Å². The summed E-state index contributed by atoms with van der Waals surface area (Å²) in [6.07, 6.45) is 2.17. The standard InChI is InChI=1S/C16H25NO/c1-3-13-10-17(11-14(13)4-2)12-16(18)15-8-6-5-7-9-15/h5-9,13-14,16,18H,3-4,10-12H2,1-2H3. The Balaban J connectivity index is 1.91. The molecule has 0 radical (unpaired) electrons. The fourth-order valence-corrected chi connectivity index (χ4v) is 3.14. The lowest BCUT2D eigenvalue weighted by molar-refractivity contribution is 0.123. The van der Waals surface area contributed by atoms with E-state index in [4.69, 9.17) is 0 Å². The number of β-amino-alcohol motifs (C(OH)–C–C–N with tert-alkyl or cyclic N) is 1. The molecule has 0 aliphatic carbocycles. The van der Waals surface area contributed by atoms with Gasteiger partial charge in [0.05, 0.1) is 6.10 Å². The highest BCUT2D eigenvalue weighted by molar-refractivity contribution is 5.17. The molecule has 1 fully saturated rings. The molecule has 1 aromatic rings. The Morgan fingerprint density at radius 2 is 1.67 bits per heavy atom. The first kappa shape index (κ1) is 13.6. The number of likely N-dealkylation sites (tertiary alicyclic amines) is 1. The third-order valence-corrected chi connectivity index (χ3v) is 4.32. The van der Waals surface area contributed by atoms with Crippen molar-refractivity contribution in [3.05, 3.63) is 35.9 Å². The summed E-state index contributed by atoms with van der Waals surface area (Å²) in [6.45, 7) is 7.64. The fourth-order valence-electron chi connectivity index (χ4n) is 3.14. The largest absolute Gasteiger partial charge is 0.387 e. The Morgan fingerprint density at radius 3 is 2.17 bits per heavy atom. The molecule has 1 aliphatic rings. The Morgan fingerprint density at radius 1 is 1.11 bits per heavy atom. The molecule has 100 valence electrons.